The van der Waals surface area contributed by atoms with E-state index < -0.39 is 0 Å². The number of anilines is 2. The average molecular weight is 259 g/mol. The number of benzene rings is 1. The van der Waals surface area contributed by atoms with E-state index in [9.17, 15) is 4.79 Å². The minimum absolute atomic E-state index is 0.276. The van der Waals surface area contributed by atoms with Crippen LogP contribution < -0.4 is 5.32 Å². The van der Waals surface area contributed by atoms with E-state index in [0.29, 0.717) is 13.2 Å². The Hall–Kier alpha value is -2.30. The third-order valence-corrected chi connectivity index (χ3v) is 2.56. The van der Waals surface area contributed by atoms with Gasteiger partial charge in [-0.25, -0.2) is 4.68 Å². The van der Waals surface area contributed by atoms with E-state index in [4.69, 9.17) is 4.74 Å². The first-order valence-corrected chi connectivity index (χ1v) is 6.15. The molecule has 0 unspecified atom stereocenters. The zero-order valence-corrected chi connectivity index (χ0v) is 11.1. The van der Waals surface area contributed by atoms with Crippen molar-refractivity contribution in [1.82, 2.24) is 9.78 Å². The van der Waals surface area contributed by atoms with Gasteiger partial charge in [-0.15, -0.1) is 0 Å². The van der Waals surface area contributed by atoms with Crippen molar-refractivity contribution in [3.8, 4) is 0 Å². The maximum absolute atomic E-state index is 10.7. The first-order valence-electron chi connectivity index (χ1n) is 6.15. The van der Waals surface area contributed by atoms with Crippen molar-refractivity contribution in [3.63, 3.8) is 0 Å². The highest BCUT2D eigenvalue weighted by Crippen LogP contribution is 2.17. The van der Waals surface area contributed by atoms with Gasteiger partial charge in [0.05, 0.1) is 12.2 Å². The molecule has 0 aliphatic rings. The molecule has 0 amide bonds. The third kappa shape index (κ3) is 3.84. The number of carbonyl (C=O) groups excluding carboxylic acids is 1. The van der Waals surface area contributed by atoms with Gasteiger partial charge in [0.2, 0.25) is 0 Å². The fraction of sp³-hybridized carbons (Fsp3) is 0.286. The Morgan fingerprint density at radius 3 is 2.79 bits per heavy atom. The minimum Gasteiger partial charge on any atom is -0.464 e. The molecule has 0 bridgehead atoms. The second-order valence-electron chi connectivity index (χ2n) is 4.23. The zero-order valence-electron chi connectivity index (χ0n) is 11.1. The van der Waals surface area contributed by atoms with E-state index in [2.05, 4.69) is 10.4 Å². The second-order valence-corrected chi connectivity index (χ2v) is 4.23. The molecule has 5 nitrogen and oxygen atoms in total. The van der Waals surface area contributed by atoms with Gasteiger partial charge in [0.15, 0.2) is 0 Å². The molecule has 1 heterocycles. The van der Waals surface area contributed by atoms with Gasteiger partial charge in [0.25, 0.3) is 0 Å². The normalized spacial score (nSPS) is 10.2. The third-order valence-electron chi connectivity index (χ3n) is 2.56. The number of ether oxygens (including phenoxy) is 1. The smallest absolute Gasteiger partial charge is 0.302 e. The summed E-state index contributed by atoms with van der Waals surface area (Å²) in [5.74, 6) is 0.609. The Labute approximate surface area is 112 Å². The molecule has 0 saturated carbocycles. The van der Waals surface area contributed by atoms with Crippen LogP contribution in [0.25, 0.3) is 0 Å². The van der Waals surface area contributed by atoms with Crippen LogP contribution in [0.2, 0.25) is 0 Å². The van der Waals surface area contributed by atoms with E-state index in [1.807, 2.05) is 43.3 Å². The Morgan fingerprint density at radius 1 is 1.37 bits per heavy atom. The number of hydrogen-bond donors (Lipinski definition) is 1. The zero-order chi connectivity index (χ0) is 13.7. The number of nitrogens with one attached hydrogen (secondary N) is 1. The first kappa shape index (κ1) is 13.1. The summed E-state index contributed by atoms with van der Waals surface area (Å²) in [5, 5.41) is 7.66. The van der Waals surface area contributed by atoms with Crippen molar-refractivity contribution in [2.75, 3.05) is 11.9 Å². The summed E-state index contributed by atoms with van der Waals surface area (Å²) in [7, 11) is 0. The van der Waals surface area contributed by atoms with Crippen LogP contribution in [0.5, 0.6) is 0 Å². The van der Waals surface area contributed by atoms with Crippen molar-refractivity contribution in [3.05, 3.63) is 42.1 Å². The van der Waals surface area contributed by atoms with Crippen LogP contribution in [0.15, 0.2) is 36.4 Å². The van der Waals surface area contributed by atoms with Crippen LogP contribution >= 0.6 is 0 Å². The molecule has 0 aliphatic carbocycles. The van der Waals surface area contributed by atoms with Crippen LogP contribution in [0.1, 0.15) is 12.6 Å². The Bertz CT molecular complexity index is 549. The Kier molecular flexibility index (Phi) is 4.18. The van der Waals surface area contributed by atoms with Crippen LogP contribution in [-0.2, 0) is 16.1 Å². The summed E-state index contributed by atoms with van der Waals surface area (Å²) < 4.78 is 6.73. The summed E-state index contributed by atoms with van der Waals surface area (Å²) in [6.45, 7) is 4.18. The van der Waals surface area contributed by atoms with Gasteiger partial charge in [0.1, 0.15) is 12.4 Å². The van der Waals surface area contributed by atoms with Crippen LogP contribution in [-0.4, -0.2) is 22.4 Å². The highest BCUT2D eigenvalue weighted by Gasteiger charge is 2.06. The van der Waals surface area contributed by atoms with Gasteiger partial charge >= 0.3 is 5.97 Å². The van der Waals surface area contributed by atoms with Gasteiger partial charge in [-0.05, 0) is 19.1 Å². The van der Waals surface area contributed by atoms with E-state index in [1.54, 1.807) is 4.68 Å². The number of para-hydroxylation sites is 1. The van der Waals surface area contributed by atoms with Crippen molar-refractivity contribution >= 4 is 17.5 Å². The lowest BCUT2D eigenvalue weighted by molar-refractivity contribution is -0.141. The molecule has 19 heavy (non-hydrogen) atoms. The molecular formula is C14H17N3O2. The monoisotopic (exact) mass is 259 g/mol. The fourth-order valence-electron chi connectivity index (χ4n) is 1.76. The molecule has 100 valence electrons. The summed E-state index contributed by atoms with van der Waals surface area (Å²) in [6.07, 6.45) is 0. The molecule has 0 spiro atoms. The van der Waals surface area contributed by atoms with E-state index in [0.717, 1.165) is 17.2 Å². The maximum Gasteiger partial charge on any atom is 0.302 e. The number of hydrogen-bond acceptors (Lipinski definition) is 4. The van der Waals surface area contributed by atoms with Gasteiger partial charge in [0, 0.05) is 18.7 Å². The summed E-state index contributed by atoms with van der Waals surface area (Å²) in [5.41, 5.74) is 1.91. The number of esters is 1. The molecule has 2 rings (SSSR count). The molecule has 0 saturated heterocycles. The van der Waals surface area contributed by atoms with Crippen LogP contribution in [0.4, 0.5) is 11.5 Å². The van der Waals surface area contributed by atoms with E-state index in [-0.39, 0.29) is 5.97 Å². The number of rotatable bonds is 5. The Morgan fingerprint density at radius 2 is 2.11 bits per heavy atom. The standard InChI is InChI=1S/C14H17N3O2/c1-11-10-14(15-13-6-4-3-5-7-13)17(16-11)8-9-19-12(2)18/h3-7,10,15H,8-9H2,1-2H3. The molecule has 0 atom stereocenters. The van der Waals surface area contributed by atoms with Crippen LogP contribution in [0.3, 0.4) is 0 Å². The van der Waals surface area contributed by atoms with Crippen molar-refractivity contribution < 1.29 is 9.53 Å². The lowest BCUT2D eigenvalue weighted by Crippen LogP contribution is -2.12. The fourth-order valence-corrected chi connectivity index (χ4v) is 1.76. The highest BCUT2D eigenvalue weighted by molar-refractivity contribution is 5.65. The average Bonchev–Trinajstić information content (AvgIpc) is 2.70. The number of carbonyl (C=O) groups is 1. The van der Waals surface area contributed by atoms with E-state index >= 15 is 0 Å². The van der Waals surface area contributed by atoms with Crippen molar-refractivity contribution in [2.45, 2.75) is 20.4 Å². The Balaban J connectivity index is 2.05. The molecule has 1 aromatic carbocycles. The van der Waals surface area contributed by atoms with E-state index in [1.165, 1.54) is 6.92 Å². The predicted molar refractivity (Wildman–Crippen MR) is 73.3 cm³/mol. The molecule has 2 aromatic rings. The summed E-state index contributed by atoms with van der Waals surface area (Å²) >= 11 is 0. The van der Waals surface area contributed by atoms with Gasteiger partial charge in [-0.3, -0.25) is 4.79 Å². The quantitative estimate of drug-likeness (QED) is 0.838. The maximum atomic E-state index is 10.7. The van der Waals surface area contributed by atoms with Gasteiger partial charge in [-0.2, -0.15) is 5.10 Å². The largest absolute Gasteiger partial charge is 0.464 e. The van der Waals surface area contributed by atoms with Gasteiger partial charge < -0.3 is 10.1 Å². The number of aromatic nitrogens is 2. The molecule has 5 heteroatoms. The molecule has 0 fully saturated rings. The second kappa shape index (κ2) is 6.04. The molecule has 1 N–H and O–H groups in total. The molecule has 0 radical (unpaired) electrons. The first-order chi connectivity index (χ1) is 9.15. The SMILES string of the molecule is CC(=O)OCCn1nc(C)cc1Nc1ccccc1. The van der Waals surface area contributed by atoms with Crippen molar-refractivity contribution in [1.29, 1.82) is 0 Å². The predicted octanol–water partition coefficient (Wildman–Crippen LogP) is 2.50. The minimum atomic E-state index is -0.276. The highest BCUT2D eigenvalue weighted by atomic mass is 16.5. The topological polar surface area (TPSA) is 56.2 Å². The molecular weight excluding hydrogens is 242 g/mol. The lowest BCUT2D eigenvalue weighted by atomic mass is 10.3. The lowest BCUT2D eigenvalue weighted by Gasteiger charge is -2.09. The summed E-state index contributed by atoms with van der Waals surface area (Å²) in [4.78, 5) is 10.7. The summed E-state index contributed by atoms with van der Waals surface area (Å²) in [6, 6.07) is 11.8. The van der Waals surface area contributed by atoms with Gasteiger partial charge in [-0.1, -0.05) is 18.2 Å². The van der Waals surface area contributed by atoms with Crippen molar-refractivity contribution in [2.24, 2.45) is 0 Å². The molecule has 0 aliphatic heterocycles. The van der Waals surface area contributed by atoms with Crippen LogP contribution in [0, 0.1) is 6.92 Å². The number of nitrogens with zero attached hydrogens (tertiary/aromatic N) is 2. The molecule has 1 aromatic heterocycles. The number of aryl methyl sites for hydroxylation is 1.